The van der Waals surface area contributed by atoms with Crippen LogP contribution in [-0.2, 0) is 4.74 Å². The van der Waals surface area contributed by atoms with Crippen molar-refractivity contribution >= 4 is 17.4 Å². The van der Waals surface area contributed by atoms with Gasteiger partial charge in [-0.3, -0.25) is 0 Å². The number of halogens is 1. The monoisotopic (exact) mass is 419 g/mol. The van der Waals surface area contributed by atoms with Gasteiger partial charge in [0.15, 0.2) is 17.3 Å². The number of methoxy groups -OCH3 is 2. The van der Waals surface area contributed by atoms with Gasteiger partial charge in [-0.15, -0.1) is 0 Å². The van der Waals surface area contributed by atoms with Crippen molar-refractivity contribution in [2.45, 2.75) is 32.7 Å². The predicted octanol–water partition coefficient (Wildman–Crippen LogP) is 5.00. The van der Waals surface area contributed by atoms with Crippen LogP contribution in [0.1, 0.15) is 26.7 Å². The Morgan fingerprint density at radius 2 is 1.77 bits per heavy atom. The van der Waals surface area contributed by atoms with Crippen LogP contribution in [0.3, 0.4) is 0 Å². The number of carbonyl (C=O) groups is 1. The summed E-state index contributed by atoms with van der Waals surface area (Å²) in [6, 6.07) is 9.40. The van der Waals surface area contributed by atoms with Crippen molar-refractivity contribution in [3.63, 3.8) is 0 Å². The number of rotatable bonds is 11. The van der Waals surface area contributed by atoms with E-state index in [1.54, 1.807) is 19.2 Å². The zero-order valence-electron chi connectivity index (χ0n) is 17.9. The quantitative estimate of drug-likeness (QED) is 0.447. The highest BCUT2D eigenvalue weighted by Gasteiger charge is 2.16. The first-order valence-electron chi connectivity index (χ1n) is 9.96. The largest absolute Gasteiger partial charge is 0.493 e. The minimum Gasteiger partial charge on any atom is -0.493 e. The van der Waals surface area contributed by atoms with E-state index in [0.29, 0.717) is 24.7 Å². The summed E-state index contributed by atoms with van der Waals surface area (Å²) in [4.78, 5) is 12.1. The molecule has 0 atom stereocenters. The summed E-state index contributed by atoms with van der Waals surface area (Å²) in [5.41, 5.74) is 0.931. The van der Waals surface area contributed by atoms with E-state index in [-0.39, 0.29) is 17.5 Å². The van der Waals surface area contributed by atoms with Crippen molar-refractivity contribution in [3.05, 3.63) is 42.2 Å². The average molecular weight is 419 g/mol. The normalized spacial score (nSPS) is 10.6. The molecule has 0 spiro atoms. The van der Waals surface area contributed by atoms with E-state index in [4.69, 9.17) is 14.2 Å². The fourth-order valence-electron chi connectivity index (χ4n) is 2.77. The number of anilines is 2. The summed E-state index contributed by atoms with van der Waals surface area (Å²) in [5, 5.41) is 8.54. The van der Waals surface area contributed by atoms with E-state index in [1.807, 2.05) is 26.0 Å². The van der Waals surface area contributed by atoms with E-state index < -0.39 is 11.8 Å². The maximum Gasteiger partial charge on any atom is 0.319 e. The third-order valence-corrected chi connectivity index (χ3v) is 4.54. The molecule has 0 unspecified atom stereocenters. The Bertz CT molecular complexity index is 811. The molecule has 7 nitrogen and oxygen atoms in total. The van der Waals surface area contributed by atoms with E-state index >= 15 is 0 Å². The van der Waals surface area contributed by atoms with Crippen LogP contribution in [0.15, 0.2) is 36.4 Å². The molecule has 0 saturated heterocycles. The number of hydrogen-bond donors (Lipinski definition) is 3. The molecule has 8 heteroatoms. The molecule has 3 N–H and O–H groups in total. The highest BCUT2D eigenvalue weighted by molar-refractivity contribution is 5.90. The number of nitrogens with one attached hydrogen (secondary N) is 3. The number of amides is 2. The summed E-state index contributed by atoms with van der Waals surface area (Å²) >= 11 is 0. The zero-order valence-corrected chi connectivity index (χ0v) is 17.9. The van der Waals surface area contributed by atoms with Gasteiger partial charge in [0.1, 0.15) is 5.75 Å². The molecule has 2 aromatic carbocycles. The predicted molar refractivity (Wildman–Crippen MR) is 116 cm³/mol. The Balaban J connectivity index is 2.08. The van der Waals surface area contributed by atoms with Crippen molar-refractivity contribution in [1.82, 2.24) is 5.32 Å². The van der Waals surface area contributed by atoms with Crippen molar-refractivity contribution < 1.29 is 23.4 Å². The standard InChI is InChI=1S/C22H30FN3O4/c1-5-15(6-2)25-22(27)26-19-14-20(29-4)21(13-18(19)23)30-17-9-7-16(8-10-17)24-11-12-28-3/h7-10,13-15,24H,5-6,11-12H2,1-4H3,(H2,25,26,27). The number of carbonyl (C=O) groups excluding carboxylic acids is 1. The summed E-state index contributed by atoms with van der Waals surface area (Å²) in [7, 11) is 3.10. The highest BCUT2D eigenvalue weighted by atomic mass is 19.1. The van der Waals surface area contributed by atoms with Crippen LogP contribution in [0.4, 0.5) is 20.6 Å². The third-order valence-electron chi connectivity index (χ3n) is 4.54. The number of ether oxygens (including phenoxy) is 3. The Morgan fingerprint density at radius 3 is 2.37 bits per heavy atom. The molecule has 0 aliphatic rings. The van der Waals surface area contributed by atoms with Crippen molar-refractivity contribution in [2.75, 3.05) is 38.0 Å². The molecule has 164 valence electrons. The molecule has 0 aromatic heterocycles. The molecule has 2 rings (SSSR count). The lowest BCUT2D eigenvalue weighted by Gasteiger charge is -2.17. The van der Waals surface area contributed by atoms with Crippen LogP contribution >= 0.6 is 0 Å². The Hall–Kier alpha value is -3.00. The van der Waals surface area contributed by atoms with Gasteiger partial charge in [0.05, 0.1) is 19.4 Å². The van der Waals surface area contributed by atoms with E-state index in [9.17, 15) is 9.18 Å². The smallest absolute Gasteiger partial charge is 0.319 e. The molecular weight excluding hydrogens is 389 g/mol. The third kappa shape index (κ3) is 6.81. The second-order valence-corrected chi connectivity index (χ2v) is 6.64. The molecule has 2 amide bonds. The Labute approximate surface area is 176 Å². The molecule has 0 fully saturated rings. The van der Waals surface area contributed by atoms with Crippen molar-refractivity contribution in [2.24, 2.45) is 0 Å². The molecule has 0 radical (unpaired) electrons. The molecule has 0 aliphatic heterocycles. The number of urea groups is 1. The first-order valence-corrected chi connectivity index (χ1v) is 9.96. The van der Waals surface area contributed by atoms with Gasteiger partial charge in [-0.1, -0.05) is 13.8 Å². The van der Waals surface area contributed by atoms with Gasteiger partial charge in [-0.25, -0.2) is 9.18 Å². The maximum absolute atomic E-state index is 14.6. The molecule has 2 aromatic rings. The first kappa shape index (κ1) is 23.3. The fraction of sp³-hybridized carbons (Fsp3) is 0.409. The number of hydrogen-bond acceptors (Lipinski definition) is 5. The van der Waals surface area contributed by atoms with Gasteiger partial charge in [0, 0.05) is 37.5 Å². The van der Waals surface area contributed by atoms with Crippen LogP contribution in [0, 0.1) is 5.82 Å². The van der Waals surface area contributed by atoms with Gasteiger partial charge in [-0.05, 0) is 37.1 Å². The Morgan fingerprint density at radius 1 is 1.07 bits per heavy atom. The van der Waals surface area contributed by atoms with Gasteiger partial charge in [-0.2, -0.15) is 0 Å². The van der Waals surface area contributed by atoms with Crippen LogP contribution in [-0.4, -0.2) is 39.4 Å². The lowest BCUT2D eigenvalue weighted by atomic mass is 10.2. The van der Waals surface area contributed by atoms with Crippen LogP contribution in [0.25, 0.3) is 0 Å². The van der Waals surface area contributed by atoms with Crippen LogP contribution in [0.2, 0.25) is 0 Å². The zero-order chi connectivity index (χ0) is 21.9. The van der Waals surface area contributed by atoms with Gasteiger partial charge in [0.2, 0.25) is 0 Å². The number of benzene rings is 2. The topological polar surface area (TPSA) is 80.9 Å². The summed E-state index contributed by atoms with van der Waals surface area (Å²) in [6.45, 7) is 5.25. The van der Waals surface area contributed by atoms with Crippen LogP contribution < -0.4 is 25.4 Å². The maximum atomic E-state index is 14.6. The van der Waals surface area contributed by atoms with Crippen molar-refractivity contribution in [3.8, 4) is 17.2 Å². The molecule has 0 bridgehead atoms. The average Bonchev–Trinajstić information content (AvgIpc) is 2.75. The van der Waals surface area contributed by atoms with Crippen LogP contribution in [0.5, 0.6) is 17.2 Å². The second-order valence-electron chi connectivity index (χ2n) is 6.64. The fourth-order valence-corrected chi connectivity index (χ4v) is 2.77. The van der Waals surface area contributed by atoms with Gasteiger partial charge < -0.3 is 30.2 Å². The molecule has 0 heterocycles. The van der Waals surface area contributed by atoms with E-state index in [1.165, 1.54) is 19.2 Å². The van der Waals surface area contributed by atoms with E-state index in [0.717, 1.165) is 18.5 Å². The summed E-state index contributed by atoms with van der Waals surface area (Å²) in [5.74, 6) is 0.415. The highest BCUT2D eigenvalue weighted by Crippen LogP contribution is 2.36. The molecule has 30 heavy (non-hydrogen) atoms. The summed E-state index contributed by atoms with van der Waals surface area (Å²) < 4.78 is 30.7. The Kier molecular flexibility index (Phi) is 9.21. The minimum atomic E-state index is -0.622. The molecule has 0 aliphatic carbocycles. The minimum absolute atomic E-state index is 0.0142. The molecular formula is C22H30FN3O4. The first-order chi connectivity index (χ1) is 14.5. The van der Waals surface area contributed by atoms with Gasteiger partial charge in [0.25, 0.3) is 0 Å². The van der Waals surface area contributed by atoms with E-state index in [2.05, 4.69) is 16.0 Å². The summed E-state index contributed by atoms with van der Waals surface area (Å²) in [6.07, 6.45) is 1.59. The molecule has 0 saturated carbocycles. The second kappa shape index (κ2) is 11.9. The lowest BCUT2D eigenvalue weighted by molar-refractivity contribution is 0.211. The van der Waals surface area contributed by atoms with Gasteiger partial charge >= 0.3 is 6.03 Å². The lowest BCUT2D eigenvalue weighted by Crippen LogP contribution is -2.37. The van der Waals surface area contributed by atoms with Crippen molar-refractivity contribution in [1.29, 1.82) is 0 Å². The SMILES string of the molecule is CCC(CC)NC(=O)Nc1cc(OC)c(Oc2ccc(NCCOC)cc2)cc1F.